The minimum atomic E-state index is 0.0974. The summed E-state index contributed by atoms with van der Waals surface area (Å²) in [7, 11) is 0. The van der Waals surface area contributed by atoms with Crippen LogP contribution in [0.1, 0.15) is 23.5 Å². The van der Waals surface area contributed by atoms with E-state index in [9.17, 15) is 4.79 Å². The highest BCUT2D eigenvalue weighted by Gasteiger charge is 2.27. The number of aromatic nitrogens is 2. The van der Waals surface area contributed by atoms with Gasteiger partial charge in [0.15, 0.2) is 5.82 Å². The van der Waals surface area contributed by atoms with E-state index in [1.54, 1.807) is 0 Å². The third-order valence-corrected chi connectivity index (χ3v) is 5.33. The van der Waals surface area contributed by atoms with Gasteiger partial charge in [0.25, 0.3) is 0 Å². The number of carbonyl (C=O) groups excluding carboxylic acids is 1. The van der Waals surface area contributed by atoms with Gasteiger partial charge in [0.05, 0.1) is 24.2 Å². The van der Waals surface area contributed by atoms with Crippen molar-refractivity contribution in [1.29, 1.82) is 0 Å². The van der Waals surface area contributed by atoms with Crippen LogP contribution in [0.15, 0.2) is 24.3 Å². The first kappa shape index (κ1) is 16.7. The lowest BCUT2D eigenvalue weighted by atomic mass is 9.93. The minimum absolute atomic E-state index is 0.0974. The number of benzene rings is 1. The van der Waals surface area contributed by atoms with Crippen LogP contribution in [0.3, 0.4) is 0 Å². The summed E-state index contributed by atoms with van der Waals surface area (Å²) in [5, 5.41) is 3.33. The van der Waals surface area contributed by atoms with E-state index in [1.165, 1.54) is 0 Å². The molecule has 1 aromatic heterocycles. The Morgan fingerprint density at radius 2 is 1.92 bits per heavy atom. The maximum absolute atomic E-state index is 13.1. The lowest BCUT2D eigenvalue weighted by Gasteiger charge is -2.27. The number of carbonyl (C=O) groups is 1. The monoisotopic (exact) mass is 342 g/mol. The Morgan fingerprint density at radius 3 is 2.72 bits per heavy atom. The quantitative estimate of drug-likeness (QED) is 0.836. The molecule has 134 valence electrons. The number of imidazole rings is 1. The number of Topliss-reactive ketones (excluding diaryl/α,β-unsaturated/α-hetero) is 1. The molecule has 2 fully saturated rings. The summed E-state index contributed by atoms with van der Waals surface area (Å²) in [5.41, 5.74) is 1.98. The van der Waals surface area contributed by atoms with Crippen molar-refractivity contribution >= 4 is 16.8 Å². The first-order valence-electron chi connectivity index (χ1n) is 9.33. The van der Waals surface area contributed by atoms with Crippen molar-refractivity contribution in [2.45, 2.75) is 19.4 Å². The Bertz CT molecular complexity index is 730. The fourth-order valence-electron chi connectivity index (χ4n) is 3.82. The predicted molar refractivity (Wildman–Crippen MR) is 96.9 cm³/mol. The normalized spacial score (nSPS) is 20.2. The standard InChI is InChI=1S/C19H26N4O2/c24-18(15-5-7-20-8-6-15)19-21-16-3-1-2-4-17(16)23(19)10-9-22-11-13-25-14-12-22/h1-4,15,20H,5-14H2. The summed E-state index contributed by atoms with van der Waals surface area (Å²) in [6.45, 7) is 7.09. The number of nitrogens with one attached hydrogen (secondary N) is 1. The molecule has 1 N–H and O–H groups in total. The molecule has 0 spiro atoms. The molecule has 0 unspecified atom stereocenters. The Kier molecular flexibility index (Phi) is 5.10. The third-order valence-electron chi connectivity index (χ3n) is 5.33. The van der Waals surface area contributed by atoms with E-state index in [0.717, 1.165) is 76.4 Å². The van der Waals surface area contributed by atoms with Crippen molar-refractivity contribution in [2.24, 2.45) is 5.92 Å². The Hall–Kier alpha value is -1.76. The smallest absolute Gasteiger partial charge is 0.201 e. The summed E-state index contributed by atoms with van der Waals surface area (Å²) in [6.07, 6.45) is 1.82. The van der Waals surface area contributed by atoms with Gasteiger partial charge in [-0.15, -0.1) is 0 Å². The number of ketones is 1. The van der Waals surface area contributed by atoms with Crippen LogP contribution in [0.2, 0.25) is 0 Å². The second-order valence-corrected chi connectivity index (χ2v) is 6.92. The molecule has 6 nitrogen and oxygen atoms in total. The number of hydrogen-bond acceptors (Lipinski definition) is 5. The van der Waals surface area contributed by atoms with Crippen molar-refractivity contribution in [1.82, 2.24) is 19.8 Å². The molecule has 2 aliphatic heterocycles. The zero-order valence-corrected chi connectivity index (χ0v) is 14.6. The minimum Gasteiger partial charge on any atom is -0.379 e. The lowest BCUT2D eigenvalue weighted by Crippen LogP contribution is -2.38. The average molecular weight is 342 g/mol. The van der Waals surface area contributed by atoms with Crippen molar-refractivity contribution in [3.8, 4) is 0 Å². The molecule has 0 atom stereocenters. The van der Waals surface area contributed by atoms with Gasteiger partial charge in [-0.1, -0.05) is 12.1 Å². The molecule has 25 heavy (non-hydrogen) atoms. The van der Waals surface area contributed by atoms with Crippen LogP contribution in [0, 0.1) is 5.92 Å². The lowest BCUT2D eigenvalue weighted by molar-refractivity contribution is 0.0364. The van der Waals surface area contributed by atoms with E-state index in [0.29, 0.717) is 5.82 Å². The molecule has 0 amide bonds. The number of piperidine rings is 1. The first-order valence-corrected chi connectivity index (χ1v) is 9.33. The number of hydrogen-bond donors (Lipinski definition) is 1. The highest BCUT2D eigenvalue weighted by atomic mass is 16.5. The fraction of sp³-hybridized carbons (Fsp3) is 0.579. The van der Waals surface area contributed by atoms with Gasteiger partial charge >= 0.3 is 0 Å². The molecule has 2 aliphatic rings. The van der Waals surface area contributed by atoms with E-state index >= 15 is 0 Å². The van der Waals surface area contributed by atoms with Gasteiger partial charge in [-0.2, -0.15) is 0 Å². The molecule has 0 aliphatic carbocycles. The van der Waals surface area contributed by atoms with Crippen molar-refractivity contribution in [3.63, 3.8) is 0 Å². The highest BCUT2D eigenvalue weighted by molar-refractivity contribution is 5.98. The van der Waals surface area contributed by atoms with Crippen LogP contribution in [-0.2, 0) is 11.3 Å². The topological polar surface area (TPSA) is 59.4 Å². The van der Waals surface area contributed by atoms with E-state index in [1.807, 2.05) is 18.2 Å². The van der Waals surface area contributed by atoms with E-state index in [-0.39, 0.29) is 11.7 Å². The molecule has 2 aromatic rings. The predicted octanol–water partition coefficient (Wildman–Crippen LogP) is 1.55. The SMILES string of the molecule is O=C(c1nc2ccccc2n1CCN1CCOCC1)C1CCNCC1. The summed E-state index contributed by atoms with van der Waals surface area (Å²) < 4.78 is 7.56. The molecule has 4 rings (SSSR count). The van der Waals surface area contributed by atoms with Crippen molar-refractivity contribution < 1.29 is 9.53 Å². The Labute approximate surface area is 148 Å². The van der Waals surface area contributed by atoms with E-state index < -0.39 is 0 Å². The Morgan fingerprint density at radius 1 is 1.16 bits per heavy atom. The second-order valence-electron chi connectivity index (χ2n) is 6.92. The molecule has 1 aromatic carbocycles. The summed E-state index contributed by atoms with van der Waals surface area (Å²) in [4.78, 5) is 20.2. The van der Waals surface area contributed by atoms with Gasteiger partial charge in [0.1, 0.15) is 0 Å². The van der Waals surface area contributed by atoms with Gasteiger partial charge in [-0.05, 0) is 38.1 Å². The number of nitrogens with zero attached hydrogens (tertiary/aromatic N) is 3. The molecular weight excluding hydrogens is 316 g/mol. The zero-order chi connectivity index (χ0) is 17.1. The van der Waals surface area contributed by atoms with E-state index in [2.05, 4.69) is 20.9 Å². The van der Waals surface area contributed by atoms with Crippen LogP contribution in [0.25, 0.3) is 11.0 Å². The summed E-state index contributed by atoms with van der Waals surface area (Å²) >= 11 is 0. The maximum Gasteiger partial charge on any atom is 0.201 e. The van der Waals surface area contributed by atoms with Gasteiger partial charge in [0.2, 0.25) is 5.78 Å². The molecule has 0 radical (unpaired) electrons. The van der Waals surface area contributed by atoms with Gasteiger partial charge in [0, 0.05) is 32.1 Å². The average Bonchev–Trinajstić information content (AvgIpc) is 3.06. The zero-order valence-electron chi connectivity index (χ0n) is 14.6. The van der Waals surface area contributed by atoms with Crippen LogP contribution in [0.4, 0.5) is 0 Å². The molecular formula is C19H26N4O2. The van der Waals surface area contributed by atoms with Crippen LogP contribution in [-0.4, -0.2) is 66.2 Å². The molecule has 0 bridgehead atoms. The van der Waals surface area contributed by atoms with Crippen LogP contribution < -0.4 is 5.32 Å². The molecule has 0 saturated carbocycles. The highest BCUT2D eigenvalue weighted by Crippen LogP contribution is 2.22. The van der Waals surface area contributed by atoms with Crippen molar-refractivity contribution in [3.05, 3.63) is 30.1 Å². The van der Waals surface area contributed by atoms with Crippen LogP contribution >= 0.6 is 0 Å². The third kappa shape index (κ3) is 3.61. The number of fused-ring (bicyclic) bond motifs is 1. The number of rotatable bonds is 5. The van der Waals surface area contributed by atoms with Gasteiger partial charge < -0.3 is 14.6 Å². The molecule has 6 heteroatoms. The number of morpholine rings is 1. The first-order chi connectivity index (χ1) is 12.3. The number of para-hydroxylation sites is 2. The van der Waals surface area contributed by atoms with Crippen molar-refractivity contribution in [2.75, 3.05) is 45.9 Å². The second kappa shape index (κ2) is 7.64. The molecule has 3 heterocycles. The summed E-state index contributed by atoms with van der Waals surface area (Å²) in [6, 6.07) is 8.08. The maximum atomic E-state index is 13.1. The largest absolute Gasteiger partial charge is 0.379 e. The van der Waals surface area contributed by atoms with Crippen LogP contribution in [0.5, 0.6) is 0 Å². The molecule has 2 saturated heterocycles. The van der Waals surface area contributed by atoms with E-state index in [4.69, 9.17) is 9.72 Å². The summed E-state index contributed by atoms with van der Waals surface area (Å²) in [5.74, 6) is 0.946. The van der Waals surface area contributed by atoms with Gasteiger partial charge in [-0.3, -0.25) is 9.69 Å². The fourth-order valence-corrected chi connectivity index (χ4v) is 3.82. The Balaban J connectivity index is 1.59. The van der Waals surface area contributed by atoms with Gasteiger partial charge in [-0.25, -0.2) is 4.98 Å². The number of ether oxygens (including phenoxy) is 1.